The fourth-order valence-electron chi connectivity index (χ4n) is 1.63. The van der Waals surface area contributed by atoms with Gasteiger partial charge in [-0.25, -0.2) is 0 Å². The molecule has 0 bridgehead atoms. The molecule has 112 valence electrons. The van der Waals surface area contributed by atoms with Crippen molar-refractivity contribution in [1.82, 2.24) is 10.2 Å². The maximum atomic E-state index is 11.9. The molecule has 21 heavy (non-hydrogen) atoms. The molecule has 0 aliphatic rings. The Morgan fingerprint density at radius 3 is 2.67 bits per heavy atom. The predicted octanol–water partition coefficient (Wildman–Crippen LogP) is 3.54. The van der Waals surface area contributed by atoms with E-state index in [0.717, 1.165) is 4.90 Å². The van der Waals surface area contributed by atoms with Crippen molar-refractivity contribution < 1.29 is 9.21 Å². The van der Waals surface area contributed by atoms with Crippen LogP contribution in [0.25, 0.3) is 0 Å². The lowest BCUT2D eigenvalue weighted by Gasteiger charge is -2.04. The summed E-state index contributed by atoms with van der Waals surface area (Å²) < 4.78 is 5.34. The number of nitrogens with one attached hydrogen (secondary N) is 1. The standard InChI is InChI=1S/C15H19N3O2S/c1-9(2)14-17-18-15(20-14)16-13(19)8-21-12-6-5-10(3)11(4)7-12/h5-7,9H,8H2,1-4H3,(H,16,18,19). The smallest absolute Gasteiger partial charge is 0.322 e. The van der Waals surface area contributed by atoms with Crippen molar-refractivity contribution in [3.05, 3.63) is 35.2 Å². The fraction of sp³-hybridized carbons (Fsp3) is 0.400. The van der Waals surface area contributed by atoms with Crippen LogP contribution in [0, 0.1) is 13.8 Å². The van der Waals surface area contributed by atoms with E-state index in [0.29, 0.717) is 11.6 Å². The van der Waals surface area contributed by atoms with Gasteiger partial charge in [-0.05, 0) is 37.1 Å². The van der Waals surface area contributed by atoms with Gasteiger partial charge >= 0.3 is 6.01 Å². The first kappa shape index (κ1) is 15.6. The van der Waals surface area contributed by atoms with Crippen LogP contribution in [0.2, 0.25) is 0 Å². The molecule has 5 nitrogen and oxygen atoms in total. The highest BCUT2D eigenvalue weighted by Crippen LogP contribution is 2.21. The minimum Gasteiger partial charge on any atom is -0.408 e. The van der Waals surface area contributed by atoms with E-state index in [2.05, 4.69) is 41.5 Å². The number of anilines is 1. The molecule has 2 aromatic rings. The Labute approximate surface area is 128 Å². The molecule has 2 rings (SSSR count). The second-order valence-electron chi connectivity index (χ2n) is 5.18. The number of benzene rings is 1. The van der Waals surface area contributed by atoms with Crippen LogP contribution in [0.1, 0.15) is 36.8 Å². The molecule has 0 atom stereocenters. The molecule has 0 saturated heterocycles. The lowest BCUT2D eigenvalue weighted by Crippen LogP contribution is -2.14. The van der Waals surface area contributed by atoms with E-state index in [1.807, 2.05) is 19.9 Å². The molecule has 1 amide bonds. The summed E-state index contributed by atoms with van der Waals surface area (Å²) in [6.45, 7) is 8.03. The van der Waals surface area contributed by atoms with Gasteiger partial charge in [0.25, 0.3) is 0 Å². The highest BCUT2D eigenvalue weighted by molar-refractivity contribution is 8.00. The third-order valence-corrected chi connectivity index (χ3v) is 4.02. The van der Waals surface area contributed by atoms with Gasteiger partial charge in [-0.1, -0.05) is 25.0 Å². The minimum atomic E-state index is -0.155. The monoisotopic (exact) mass is 305 g/mol. The summed E-state index contributed by atoms with van der Waals surface area (Å²) in [5, 5.41) is 10.3. The lowest BCUT2D eigenvalue weighted by atomic mass is 10.1. The van der Waals surface area contributed by atoms with Crippen molar-refractivity contribution in [3.8, 4) is 0 Å². The third kappa shape index (κ3) is 4.32. The van der Waals surface area contributed by atoms with Gasteiger partial charge < -0.3 is 4.42 Å². The second-order valence-corrected chi connectivity index (χ2v) is 6.23. The van der Waals surface area contributed by atoms with Crippen LogP contribution < -0.4 is 5.32 Å². The number of hydrogen-bond donors (Lipinski definition) is 1. The Hall–Kier alpha value is -1.82. The topological polar surface area (TPSA) is 68.0 Å². The zero-order chi connectivity index (χ0) is 15.4. The van der Waals surface area contributed by atoms with Crippen molar-refractivity contribution >= 4 is 23.7 Å². The summed E-state index contributed by atoms with van der Waals surface area (Å²) in [7, 11) is 0. The summed E-state index contributed by atoms with van der Waals surface area (Å²) in [4.78, 5) is 12.9. The lowest BCUT2D eigenvalue weighted by molar-refractivity contribution is -0.113. The molecular formula is C15H19N3O2S. The molecule has 1 heterocycles. The van der Waals surface area contributed by atoms with Gasteiger partial charge in [0, 0.05) is 10.8 Å². The Kier molecular flexibility index (Phi) is 5.01. The van der Waals surface area contributed by atoms with Crippen molar-refractivity contribution in [2.45, 2.75) is 38.5 Å². The first-order chi connectivity index (χ1) is 9.95. The Morgan fingerprint density at radius 1 is 1.29 bits per heavy atom. The summed E-state index contributed by atoms with van der Waals surface area (Å²) in [5.41, 5.74) is 2.47. The molecule has 0 fully saturated rings. The van der Waals surface area contributed by atoms with Crippen LogP contribution in [0.3, 0.4) is 0 Å². The summed E-state index contributed by atoms with van der Waals surface area (Å²) in [6.07, 6.45) is 0. The van der Waals surface area contributed by atoms with E-state index < -0.39 is 0 Å². The maximum Gasteiger partial charge on any atom is 0.322 e. The van der Waals surface area contributed by atoms with Crippen LogP contribution >= 0.6 is 11.8 Å². The van der Waals surface area contributed by atoms with Gasteiger partial charge in [-0.2, -0.15) is 0 Å². The summed E-state index contributed by atoms with van der Waals surface area (Å²) in [5.74, 6) is 0.819. The number of carbonyl (C=O) groups is 1. The van der Waals surface area contributed by atoms with Gasteiger partial charge in [0.1, 0.15) is 0 Å². The zero-order valence-electron chi connectivity index (χ0n) is 12.6. The van der Waals surface area contributed by atoms with E-state index in [4.69, 9.17) is 4.42 Å². The molecule has 1 aromatic carbocycles. The Balaban J connectivity index is 1.88. The molecule has 0 radical (unpaired) electrons. The van der Waals surface area contributed by atoms with E-state index in [1.54, 1.807) is 0 Å². The van der Waals surface area contributed by atoms with Crippen molar-refractivity contribution in [2.24, 2.45) is 0 Å². The number of aryl methyl sites for hydroxylation is 2. The predicted molar refractivity (Wildman–Crippen MR) is 83.7 cm³/mol. The zero-order valence-corrected chi connectivity index (χ0v) is 13.5. The van der Waals surface area contributed by atoms with Gasteiger partial charge in [0.15, 0.2) is 0 Å². The van der Waals surface area contributed by atoms with Crippen molar-refractivity contribution in [2.75, 3.05) is 11.1 Å². The fourth-order valence-corrected chi connectivity index (χ4v) is 2.42. The third-order valence-electron chi connectivity index (χ3n) is 3.03. The average molecular weight is 305 g/mol. The maximum absolute atomic E-state index is 11.9. The van der Waals surface area contributed by atoms with Crippen molar-refractivity contribution in [3.63, 3.8) is 0 Å². The SMILES string of the molecule is Cc1ccc(SCC(=O)Nc2nnc(C(C)C)o2)cc1C. The number of thioether (sulfide) groups is 1. The molecule has 0 unspecified atom stereocenters. The van der Waals surface area contributed by atoms with E-state index in [9.17, 15) is 4.79 Å². The molecule has 1 aromatic heterocycles. The molecular weight excluding hydrogens is 286 g/mol. The highest BCUT2D eigenvalue weighted by Gasteiger charge is 2.12. The first-order valence-corrected chi connectivity index (χ1v) is 7.77. The average Bonchev–Trinajstić information content (AvgIpc) is 2.89. The van der Waals surface area contributed by atoms with E-state index in [1.165, 1.54) is 22.9 Å². The quantitative estimate of drug-likeness (QED) is 0.856. The number of carbonyl (C=O) groups excluding carboxylic acids is 1. The molecule has 0 aliphatic heterocycles. The molecule has 0 saturated carbocycles. The molecule has 6 heteroatoms. The first-order valence-electron chi connectivity index (χ1n) is 6.79. The number of amides is 1. The minimum absolute atomic E-state index is 0.146. The van der Waals surface area contributed by atoms with Crippen LogP contribution in [-0.2, 0) is 4.79 Å². The number of hydrogen-bond acceptors (Lipinski definition) is 5. The molecule has 1 N–H and O–H groups in total. The number of rotatable bonds is 5. The van der Waals surface area contributed by atoms with Gasteiger partial charge in [0.2, 0.25) is 11.8 Å². The van der Waals surface area contributed by atoms with Crippen LogP contribution in [0.15, 0.2) is 27.5 Å². The van der Waals surface area contributed by atoms with Crippen molar-refractivity contribution in [1.29, 1.82) is 0 Å². The second kappa shape index (κ2) is 6.76. The van der Waals surface area contributed by atoms with Gasteiger partial charge in [0.05, 0.1) is 5.75 Å². The van der Waals surface area contributed by atoms with Gasteiger partial charge in [-0.15, -0.1) is 16.9 Å². The van der Waals surface area contributed by atoms with E-state index in [-0.39, 0.29) is 17.8 Å². The number of aromatic nitrogens is 2. The molecule has 0 spiro atoms. The summed E-state index contributed by atoms with van der Waals surface area (Å²) >= 11 is 1.48. The van der Waals surface area contributed by atoms with Crippen LogP contribution in [0.5, 0.6) is 0 Å². The van der Waals surface area contributed by atoms with Crippen LogP contribution in [-0.4, -0.2) is 21.9 Å². The Morgan fingerprint density at radius 2 is 2.05 bits per heavy atom. The van der Waals surface area contributed by atoms with E-state index >= 15 is 0 Å². The summed E-state index contributed by atoms with van der Waals surface area (Å²) in [6, 6.07) is 6.31. The number of nitrogens with zero attached hydrogens (tertiary/aromatic N) is 2. The largest absolute Gasteiger partial charge is 0.408 e. The van der Waals surface area contributed by atoms with Crippen LogP contribution in [0.4, 0.5) is 6.01 Å². The normalized spacial score (nSPS) is 10.9. The highest BCUT2D eigenvalue weighted by atomic mass is 32.2. The van der Waals surface area contributed by atoms with Gasteiger partial charge in [-0.3, -0.25) is 10.1 Å². The Bertz CT molecular complexity index is 638. The molecule has 0 aliphatic carbocycles.